The number of hydrogen-bond donors (Lipinski definition) is 3. The van der Waals surface area contributed by atoms with Gasteiger partial charge in [0.25, 0.3) is 0 Å². The lowest BCUT2D eigenvalue weighted by Gasteiger charge is -2.14. The molecule has 0 aliphatic heterocycles. The summed E-state index contributed by atoms with van der Waals surface area (Å²) < 4.78 is 5.23. The molecule has 6 heteroatoms. The Bertz CT molecular complexity index is 334. The number of carboxylic acids is 1. The Kier molecular flexibility index (Phi) is 12.2. The molecule has 0 saturated heterocycles. The van der Waals surface area contributed by atoms with Gasteiger partial charge in [0.05, 0.1) is 0 Å². The molecule has 4 N–H and O–H groups in total. The van der Waals surface area contributed by atoms with Crippen LogP contribution in [0.25, 0.3) is 0 Å². The zero-order chi connectivity index (χ0) is 16.8. The molecule has 0 fully saturated rings. The first-order valence-electron chi connectivity index (χ1n) is 8.01. The number of unbranched alkanes of at least 4 members (excludes halogenated alkanes) is 4. The van der Waals surface area contributed by atoms with E-state index >= 15 is 0 Å². The predicted octanol–water partition coefficient (Wildman–Crippen LogP) is 2.82. The van der Waals surface area contributed by atoms with E-state index in [4.69, 9.17) is 15.6 Å². The van der Waals surface area contributed by atoms with Crippen LogP contribution in [0.2, 0.25) is 0 Å². The fourth-order valence-electron chi connectivity index (χ4n) is 1.98. The maximum Gasteiger partial charge on any atom is 0.407 e. The van der Waals surface area contributed by atoms with Crippen molar-refractivity contribution in [1.82, 2.24) is 5.32 Å². The molecule has 0 aliphatic carbocycles. The number of allylic oxidation sites excluding steroid dienone is 1. The molecule has 2 atom stereocenters. The van der Waals surface area contributed by atoms with Crippen LogP contribution < -0.4 is 11.1 Å². The molecule has 1 amide bonds. The normalized spacial score (nSPS) is 13.2. The van der Waals surface area contributed by atoms with Crippen molar-refractivity contribution in [1.29, 1.82) is 0 Å². The van der Waals surface area contributed by atoms with Crippen LogP contribution >= 0.6 is 0 Å². The van der Waals surface area contributed by atoms with Crippen molar-refractivity contribution in [3.8, 4) is 0 Å². The number of aliphatic carboxylic acids is 1. The SMILES string of the molecule is C=CCCCCCC(C)OC(=O)NCCCC[C@H](N)C(=O)O. The third-order valence-electron chi connectivity index (χ3n) is 3.36. The van der Waals surface area contributed by atoms with Crippen LogP contribution in [-0.4, -0.2) is 35.9 Å². The van der Waals surface area contributed by atoms with Crippen molar-refractivity contribution < 1.29 is 19.4 Å². The van der Waals surface area contributed by atoms with Gasteiger partial charge in [-0.05, 0) is 51.9 Å². The van der Waals surface area contributed by atoms with Crippen LogP contribution in [-0.2, 0) is 9.53 Å². The average molecular weight is 314 g/mol. The van der Waals surface area contributed by atoms with Gasteiger partial charge in [0.2, 0.25) is 0 Å². The zero-order valence-electron chi connectivity index (χ0n) is 13.6. The molecule has 0 bridgehead atoms. The summed E-state index contributed by atoms with van der Waals surface area (Å²) in [6.45, 7) is 6.04. The monoisotopic (exact) mass is 314 g/mol. The molecule has 0 aliphatic rings. The van der Waals surface area contributed by atoms with E-state index in [0.29, 0.717) is 25.8 Å². The van der Waals surface area contributed by atoms with E-state index < -0.39 is 18.1 Å². The topological polar surface area (TPSA) is 102 Å². The van der Waals surface area contributed by atoms with Gasteiger partial charge < -0.3 is 20.9 Å². The van der Waals surface area contributed by atoms with Crippen molar-refractivity contribution >= 4 is 12.1 Å². The second-order valence-corrected chi connectivity index (χ2v) is 5.51. The van der Waals surface area contributed by atoms with E-state index in [9.17, 15) is 9.59 Å². The first kappa shape index (κ1) is 20.4. The molecule has 22 heavy (non-hydrogen) atoms. The second-order valence-electron chi connectivity index (χ2n) is 5.51. The maximum absolute atomic E-state index is 11.5. The molecule has 0 saturated carbocycles. The minimum absolute atomic E-state index is 0.0934. The summed E-state index contributed by atoms with van der Waals surface area (Å²) in [5, 5.41) is 11.3. The first-order valence-corrected chi connectivity index (χ1v) is 8.01. The molecule has 0 heterocycles. The summed E-state index contributed by atoms with van der Waals surface area (Å²) in [6, 6.07) is -0.826. The standard InChI is InChI=1S/C16H30N2O4/c1-3-4-5-6-7-10-13(2)22-16(21)18-12-9-8-11-14(17)15(19)20/h3,13-14H,1,4-12,17H2,2H3,(H,18,21)(H,19,20)/t13?,14-/m0/s1. The van der Waals surface area contributed by atoms with Crippen molar-refractivity contribution in [3.05, 3.63) is 12.7 Å². The molecule has 0 spiro atoms. The van der Waals surface area contributed by atoms with Gasteiger partial charge in [-0.1, -0.05) is 12.5 Å². The summed E-state index contributed by atoms with van der Waals surface area (Å²) in [6.07, 6.45) is 8.33. The number of carbonyl (C=O) groups excluding carboxylic acids is 1. The quantitative estimate of drug-likeness (QED) is 0.358. The van der Waals surface area contributed by atoms with Crippen molar-refractivity contribution in [2.75, 3.05) is 6.54 Å². The summed E-state index contributed by atoms with van der Waals surface area (Å²) in [5.74, 6) is -0.991. The van der Waals surface area contributed by atoms with Gasteiger partial charge in [-0.25, -0.2) is 4.79 Å². The second kappa shape index (κ2) is 13.1. The lowest BCUT2D eigenvalue weighted by molar-refractivity contribution is -0.138. The van der Waals surface area contributed by atoms with E-state index in [-0.39, 0.29) is 6.10 Å². The Morgan fingerprint density at radius 3 is 2.55 bits per heavy atom. The van der Waals surface area contributed by atoms with E-state index in [1.807, 2.05) is 13.0 Å². The molecule has 6 nitrogen and oxygen atoms in total. The highest BCUT2D eigenvalue weighted by atomic mass is 16.6. The summed E-state index contributed by atoms with van der Waals surface area (Å²) in [4.78, 5) is 22.0. The van der Waals surface area contributed by atoms with Crippen molar-refractivity contribution in [2.24, 2.45) is 5.73 Å². The fraction of sp³-hybridized carbons (Fsp3) is 0.750. The summed E-state index contributed by atoms with van der Waals surface area (Å²) in [7, 11) is 0. The van der Waals surface area contributed by atoms with E-state index in [1.165, 1.54) is 0 Å². The number of nitrogens with two attached hydrogens (primary N) is 1. The highest BCUT2D eigenvalue weighted by molar-refractivity contribution is 5.72. The van der Waals surface area contributed by atoms with Gasteiger partial charge in [0, 0.05) is 6.54 Å². The van der Waals surface area contributed by atoms with Gasteiger partial charge >= 0.3 is 12.1 Å². The average Bonchev–Trinajstić information content (AvgIpc) is 2.46. The highest BCUT2D eigenvalue weighted by Gasteiger charge is 2.11. The Hall–Kier alpha value is -1.56. The van der Waals surface area contributed by atoms with Gasteiger partial charge in [-0.2, -0.15) is 0 Å². The first-order chi connectivity index (χ1) is 10.5. The Balaban J connectivity index is 3.51. The number of carboxylic acid groups (broad SMARTS) is 1. The Morgan fingerprint density at radius 2 is 1.91 bits per heavy atom. The third kappa shape index (κ3) is 12.2. The number of amides is 1. The molecule has 0 aromatic carbocycles. The number of hydrogen-bond acceptors (Lipinski definition) is 4. The van der Waals surface area contributed by atoms with Crippen molar-refractivity contribution in [2.45, 2.75) is 70.4 Å². The molecular weight excluding hydrogens is 284 g/mol. The minimum Gasteiger partial charge on any atom is -0.480 e. The van der Waals surface area contributed by atoms with E-state index in [1.54, 1.807) is 0 Å². The Morgan fingerprint density at radius 1 is 1.23 bits per heavy atom. The fourth-order valence-corrected chi connectivity index (χ4v) is 1.98. The maximum atomic E-state index is 11.5. The van der Waals surface area contributed by atoms with Crippen LogP contribution in [0.1, 0.15) is 58.3 Å². The number of nitrogens with one attached hydrogen (secondary N) is 1. The van der Waals surface area contributed by atoms with Gasteiger partial charge in [0.15, 0.2) is 0 Å². The number of carbonyl (C=O) groups is 2. The minimum atomic E-state index is -0.991. The van der Waals surface area contributed by atoms with Crippen LogP contribution in [0, 0.1) is 0 Å². The van der Waals surface area contributed by atoms with Crippen LogP contribution in [0.15, 0.2) is 12.7 Å². The Labute approximate surface area is 133 Å². The highest BCUT2D eigenvalue weighted by Crippen LogP contribution is 2.08. The summed E-state index contributed by atoms with van der Waals surface area (Å²) in [5.41, 5.74) is 5.38. The van der Waals surface area contributed by atoms with Crippen LogP contribution in [0.3, 0.4) is 0 Å². The van der Waals surface area contributed by atoms with Crippen LogP contribution in [0.4, 0.5) is 4.79 Å². The number of rotatable bonds is 13. The van der Waals surface area contributed by atoms with Crippen molar-refractivity contribution in [3.63, 3.8) is 0 Å². The van der Waals surface area contributed by atoms with E-state index in [0.717, 1.165) is 32.1 Å². The smallest absolute Gasteiger partial charge is 0.407 e. The largest absolute Gasteiger partial charge is 0.480 e. The zero-order valence-corrected chi connectivity index (χ0v) is 13.6. The third-order valence-corrected chi connectivity index (χ3v) is 3.36. The molecular formula is C16H30N2O4. The molecule has 128 valence electrons. The van der Waals surface area contributed by atoms with E-state index in [2.05, 4.69) is 11.9 Å². The molecule has 0 radical (unpaired) electrons. The summed E-state index contributed by atoms with van der Waals surface area (Å²) >= 11 is 0. The molecule has 1 unspecified atom stereocenters. The number of alkyl carbamates (subject to hydrolysis) is 1. The predicted molar refractivity (Wildman–Crippen MR) is 86.7 cm³/mol. The van der Waals surface area contributed by atoms with Crippen LogP contribution in [0.5, 0.6) is 0 Å². The molecule has 0 rings (SSSR count). The van der Waals surface area contributed by atoms with Gasteiger partial charge in [-0.15, -0.1) is 6.58 Å². The lowest BCUT2D eigenvalue weighted by Crippen LogP contribution is -2.31. The molecule has 0 aromatic heterocycles. The lowest BCUT2D eigenvalue weighted by atomic mass is 10.1. The van der Waals surface area contributed by atoms with Gasteiger partial charge in [-0.3, -0.25) is 4.79 Å². The molecule has 0 aromatic rings. The van der Waals surface area contributed by atoms with Gasteiger partial charge in [0.1, 0.15) is 12.1 Å². The number of ether oxygens (including phenoxy) is 1.